The highest BCUT2D eigenvalue weighted by Gasteiger charge is 1.91. The lowest BCUT2D eigenvalue weighted by Gasteiger charge is -1.90. The van der Waals surface area contributed by atoms with Crippen LogP contribution in [-0.2, 0) is 6.42 Å². The number of unbranched alkanes of at least 4 members (excludes halogenated alkanes) is 1. The van der Waals surface area contributed by atoms with E-state index in [0.717, 1.165) is 12.2 Å². The third-order valence-electron chi connectivity index (χ3n) is 1.36. The van der Waals surface area contributed by atoms with E-state index in [0.29, 0.717) is 0 Å². The Morgan fingerprint density at radius 1 is 1.67 bits per heavy atom. The summed E-state index contributed by atoms with van der Waals surface area (Å²) >= 11 is 0. The first-order valence-electron chi connectivity index (χ1n) is 3.46. The van der Waals surface area contributed by atoms with Gasteiger partial charge in [0.25, 0.3) is 0 Å². The molecular weight excluding hydrogens is 112 g/mol. The van der Waals surface area contributed by atoms with Gasteiger partial charge in [-0.05, 0) is 18.6 Å². The molecule has 0 spiro atoms. The van der Waals surface area contributed by atoms with Gasteiger partial charge in [0, 0.05) is 6.42 Å². The Bertz CT molecular complexity index is 146. The number of rotatable bonds is 3. The second-order valence-corrected chi connectivity index (χ2v) is 2.18. The molecule has 0 aromatic carbocycles. The van der Waals surface area contributed by atoms with Crippen molar-refractivity contribution in [3.63, 3.8) is 0 Å². The fraction of sp³-hybridized carbons (Fsp3) is 0.500. The van der Waals surface area contributed by atoms with Crippen LogP contribution in [-0.4, -0.2) is 0 Å². The zero-order valence-corrected chi connectivity index (χ0v) is 5.76. The summed E-state index contributed by atoms with van der Waals surface area (Å²) in [4.78, 5) is 0. The van der Waals surface area contributed by atoms with E-state index in [1.165, 1.54) is 12.8 Å². The summed E-state index contributed by atoms with van der Waals surface area (Å²) in [6, 6.07) is 3.96. The van der Waals surface area contributed by atoms with Crippen LogP contribution in [0, 0.1) is 0 Å². The summed E-state index contributed by atoms with van der Waals surface area (Å²) in [7, 11) is 0. The van der Waals surface area contributed by atoms with Crippen molar-refractivity contribution in [1.29, 1.82) is 0 Å². The van der Waals surface area contributed by atoms with Crippen molar-refractivity contribution in [2.75, 3.05) is 0 Å². The maximum absolute atomic E-state index is 5.14. The zero-order valence-electron chi connectivity index (χ0n) is 6.76. The fourth-order valence-corrected chi connectivity index (χ4v) is 0.806. The maximum Gasteiger partial charge on any atom is 1.00 e. The van der Waals surface area contributed by atoms with Crippen molar-refractivity contribution in [3.8, 4) is 0 Å². The van der Waals surface area contributed by atoms with Gasteiger partial charge < -0.3 is 4.42 Å². The van der Waals surface area contributed by atoms with Crippen LogP contribution in [0.1, 0.15) is 27.0 Å². The van der Waals surface area contributed by atoms with E-state index in [9.17, 15) is 0 Å². The molecular formula is C8H13O+. The monoisotopic (exact) mass is 125 g/mol. The van der Waals surface area contributed by atoms with Crippen LogP contribution in [0.5, 0.6) is 0 Å². The molecule has 1 heterocycles. The van der Waals surface area contributed by atoms with Crippen LogP contribution in [0.4, 0.5) is 0 Å². The van der Waals surface area contributed by atoms with Gasteiger partial charge >= 0.3 is 1.43 Å². The van der Waals surface area contributed by atoms with Gasteiger partial charge in [0.1, 0.15) is 5.76 Å². The highest BCUT2D eigenvalue weighted by atomic mass is 16.3. The molecule has 0 bridgehead atoms. The second-order valence-electron chi connectivity index (χ2n) is 2.18. The minimum absolute atomic E-state index is 0. The Labute approximate surface area is 57.2 Å². The van der Waals surface area contributed by atoms with Crippen molar-refractivity contribution < 1.29 is 5.84 Å². The van der Waals surface area contributed by atoms with Gasteiger partial charge in [-0.1, -0.05) is 13.3 Å². The topological polar surface area (TPSA) is 13.1 Å². The van der Waals surface area contributed by atoms with Crippen LogP contribution >= 0.6 is 0 Å². The van der Waals surface area contributed by atoms with Gasteiger partial charge in [-0.25, -0.2) is 0 Å². The Balaban J connectivity index is 0.000000810. The van der Waals surface area contributed by atoms with Crippen molar-refractivity contribution in [3.05, 3.63) is 24.2 Å². The van der Waals surface area contributed by atoms with Gasteiger partial charge in [0.15, 0.2) is 0 Å². The third-order valence-corrected chi connectivity index (χ3v) is 1.36. The SMILES string of the molecule is CCCCc1ccco1.[H+]. The summed E-state index contributed by atoms with van der Waals surface area (Å²) in [6.45, 7) is 2.18. The summed E-state index contributed by atoms with van der Waals surface area (Å²) in [5.74, 6) is 1.11. The quantitative estimate of drug-likeness (QED) is 0.605. The van der Waals surface area contributed by atoms with Gasteiger partial charge in [-0.15, -0.1) is 0 Å². The van der Waals surface area contributed by atoms with E-state index in [2.05, 4.69) is 6.92 Å². The summed E-state index contributed by atoms with van der Waals surface area (Å²) in [6.07, 6.45) is 5.28. The van der Waals surface area contributed by atoms with Crippen molar-refractivity contribution in [2.45, 2.75) is 26.2 Å². The molecule has 0 aliphatic heterocycles. The average Bonchev–Trinajstić information content (AvgIpc) is 2.34. The summed E-state index contributed by atoms with van der Waals surface area (Å²) in [5.41, 5.74) is 0. The minimum Gasteiger partial charge on any atom is -0.469 e. The average molecular weight is 125 g/mol. The van der Waals surface area contributed by atoms with E-state index in [1.54, 1.807) is 6.26 Å². The first-order valence-corrected chi connectivity index (χ1v) is 3.46. The summed E-state index contributed by atoms with van der Waals surface area (Å²) < 4.78 is 5.14. The number of aryl methyl sites for hydroxylation is 1. The molecule has 0 saturated heterocycles. The number of furan rings is 1. The first kappa shape index (κ1) is 6.40. The Morgan fingerprint density at radius 3 is 3.11 bits per heavy atom. The van der Waals surface area contributed by atoms with E-state index in [-0.39, 0.29) is 1.43 Å². The number of hydrogen-bond donors (Lipinski definition) is 0. The second kappa shape index (κ2) is 3.33. The molecule has 1 aromatic heterocycles. The molecule has 50 valence electrons. The largest absolute Gasteiger partial charge is 1.00 e. The van der Waals surface area contributed by atoms with Crippen molar-refractivity contribution in [1.82, 2.24) is 0 Å². The minimum atomic E-state index is 0. The lowest BCUT2D eigenvalue weighted by Crippen LogP contribution is -1.77. The molecule has 0 radical (unpaired) electrons. The fourth-order valence-electron chi connectivity index (χ4n) is 0.806. The molecule has 1 nitrogen and oxygen atoms in total. The smallest absolute Gasteiger partial charge is 0.469 e. The molecule has 1 heteroatoms. The molecule has 9 heavy (non-hydrogen) atoms. The Kier molecular flexibility index (Phi) is 2.37. The van der Waals surface area contributed by atoms with E-state index in [1.807, 2.05) is 12.1 Å². The molecule has 0 fully saturated rings. The third kappa shape index (κ3) is 1.92. The normalized spacial score (nSPS) is 9.89. The van der Waals surface area contributed by atoms with Gasteiger partial charge in [0.2, 0.25) is 0 Å². The first-order chi connectivity index (χ1) is 4.43. The Morgan fingerprint density at radius 2 is 2.56 bits per heavy atom. The van der Waals surface area contributed by atoms with Crippen molar-refractivity contribution in [2.24, 2.45) is 0 Å². The zero-order chi connectivity index (χ0) is 6.53. The Hall–Kier alpha value is -0.720. The standard InChI is InChI=1S/C8H12O/c1-2-3-5-8-6-4-7-9-8/h4,6-7H,2-3,5H2,1H3/p+1. The van der Waals surface area contributed by atoms with E-state index in [4.69, 9.17) is 4.42 Å². The molecule has 0 saturated carbocycles. The lowest BCUT2D eigenvalue weighted by molar-refractivity contribution is 0.500. The molecule has 0 unspecified atom stereocenters. The summed E-state index contributed by atoms with van der Waals surface area (Å²) in [5, 5.41) is 0. The van der Waals surface area contributed by atoms with Gasteiger partial charge in [-0.2, -0.15) is 0 Å². The van der Waals surface area contributed by atoms with Crippen LogP contribution in [0.25, 0.3) is 0 Å². The molecule has 0 amide bonds. The van der Waals surface area contributed by atoms with Gasteiger partial charge in [0.05, 0.1) is 6.26 Å². The van der Waals surface area contributed by atoms with Crippen LogP contribution < -0.4 is 0 Å². The molecule has 0 atom stereocenters. The highest BCUT2D eigenvalue weighted by molar-refractivity contribution is 4.97. The molecule has 1 rings (SSSR count). The van der Waals surface area contributed by atoms with Crippen molar-refractivity contribution >= 4 is 0 Å². The lowest BCUT2D eigenvalue weighted by atomic mass is 10.2. The van der Waals surface area contributed by atoms with E-state index < -0.39 is 0 Å². The molecule has 0 aliphatic rings. The predicted octanol–water partition coefficient (Wildman–Crippen LogP) is 2.73. The molecule has 0 N–H and O–H groups in total. The maximum atomic E-state index is 5.14. The molecule has 0 aliphatic carbocycles. The van der Waals surface area contributed by atoms with E-state index >= 15 is 0 Å². The highest BCUT2D eigenvalue weighted by Crippen LogP contribution is 2.04. The van der Waals surface area contributed by atoms with Crippen LogP contribution in [0.3, 0.4) is 0 Å². The van der Waals surface area contributed by atoms with Crippen LogP contribution in [0.15, 0.2) is 22.8 Å². The molecule has 1 aromatic rings. The predicted molar refractivity (Wildman–Crippen MR) is 38.4 cm³/mol. The van der Waals surface area contributed by atoms with Crippen LogP contribution in [0.2, 0.25) is 0 Å². The number of hydrogen-bond acceptors (Lipinski definition) is 1. The van der Waals surface area contributed by atoms with Gasteiger partial charge in [-0.3, -0.25) is 0 Å².